The van der Waals surface area contributed by atoms with Gasteiger partial charge in [0.15, 0.2) is 0 Å². The van der Waals surface area contributed by atoms with E-state index in [0.717, 1.165) is 74.8 Å². The van der Waals surface area contributed by atoms with E-state index >= 15 is 0 Å². The van der Waals surface area contributed by atoms with Gasteiger partial charge in [-0.05, 0) is 43.0 Å². The van der Waals surface area contributed by atoms with Crippen molar-refractivity contribution >= 4 is 29.6 Å². The number of amides is 1. The number of benzene rings is 2. The molecule has 34 heavy (non-hydrogen) atoms. The molecule has 180 valence electrons. The molecule has 0 aromatic heterocycles. The largest absolute Gasteiger partial charge is 0.490 e. The molecule has 6 nitrogen and oxygen atoms in total. The molecule has 0 saturated carbocycles. The molecule has 0 radical (unpaired) electrons. The van der Waals surface area contributed by atoms with E-state index in [-0.39, 0.29) is 12.0 Å². The van der Waals surface area contributed by atoms with Gasteiger partial charge < -0.3 is 19.3 Å². The van der Waals surface area contributed by atoms with Crippen molar-refractivity contribution < 1.29 is 14.3 Å². The summed E-state index contributed by atoms with van der Waals surface area (Å²) in [5, 5.41) is 0. The molecule has 1 amide bonds. The zero-order valence-electron chi connectivity index (χ0n) is 20.3. The fraction of sp³-hybridized carbons (Fsp3) is 0.429. The predicted octanol–water partition coefficient (Wildman–Crippen LogP) is 5.02. The molecule has 0 unspecified atom stereocenters. The molecule has 0 N–H and O–H groups in total. The Morgan fingerprint density at radius 1 is 1.03 bits per heavy atom. The van der Waals surface area contributed by atoms with Crippen molar-refractivity contribution in [1.29, 1.82) is 0 Å². The third-order valence-corrected chi connectivity index (χ3v) is 6.70. The number of piperidine rings is 1. The van der Waals surface area contributed by atoms with Gasteiger partial charge in [0.1, 0.15) is 11.9 Å². The lowest BCUT2D eigenvalue weighted by Crippen LogP contribution is -2.41. The van der Waals surface area contributed by atoms with Gasteiger partial charge in [-0.25, -0.2) is 0 Å². The van der Waals surface area contributed by atoms with Crippen LogP contribution in [0.4, 0.5) is 5.69 Å². The lowest BCUT2D eigenvalue weighted by molar-refractivity contribution is -0.132. The minimum Gasteiger partial charge on any atom is -0.490 e. The Balaban J connectivity index is 1.54. The Morgan fingerprint density at radius 3 is 2.35 bits per heavy atom. The van der Waals surface area contributed by atoms with E-state index in [1.165, 1.54) is 11.3 Å². The van der Waals surface area contributed by atoms with E-state index in [4.69, 9.17) is 9.47 Å². The van der Waals surface area contributed by atoms with Crippen LogP contribution >= 0.6 is 0 Å². The van der Waals surface area contributed by atoms with Crippen molar-refractivity contribution in [2.24, 2.45) is 4.99 Å². The zero-order valence-corrected chi connectivity index (χ0v) is 20.3. The minimum atomic E-state index is 0.151. The summed E-state index contributed by atoms with van der Waals surface area (Å²) in [6, 6.07) is 16.5. The SMILES string of the molecule is C=Nc1ccccc1/C(=C(\C)c1ccc(OC2CCN(C(=O)CC)CC2)cc1)N1CCOCC1. The van der Waals surface area contributed by atoms with Gasteiger partial charge in [0.25, 0.3) is 0 Å². The number of hydrogen-bond acceptors (Lipinski definition) is 5. The number of morpholine rings is 1. The van der Waals surface area contributed by atoms with E-state index < -0.39 is 0 Å². The Morgan fingerprint density at radius 2 is 1.71 bits per heavy atom. The second kappa shape index (κ2) is 11.3. The highest BCUT2D eigenvalue weighted by atomic mass is 16.5. The lowest BCUT2D eigenvalue weighted by atomic mass is 9.98. The molecule has 2 aliphatic rings. The van der Waals surface area contributed by atoms with Crippen molar-refractivity contribution in [2.75, 3.05) is 39.4 Å². The maximum absolute atomic E-state index is 11.9. The van der Waals surface area contributed by atoms with Crippen LogP contribution in [0.25, 0.3) is 11.3 Å². The molecule has 0 spiro atoms. The number of carbonyl (C=O) groups is 1. The summed E-state index contributed by atoms with van der Waals surface area (Å²) in [5.41, 5.74) is 5.49. The fourth-order valence-electron chi connectivity index (χ4n) is 4.77. The Kier molecular flexibility index (Phi) is 8.01. The average Bonchev–Trinajstić information content (AvgIpc) is 2.90. The molecule has 2 fully saturated rings. The van der Waals surface area contributed by atoms with Crippen molar-refractivity contribution in [1.82, 2.24) is 9.80 Å². The molecule has 2 aromatic carbocycles. The predicted molar refractivity (Wildman–Crippen MR) is 137 cm³/mol. The van der Waals surface area contributed by atoms with Crippen molar-refractivity contribution in [3.63, 3.8) is 0 Å². The number of nitrogens with zero attached hydrogens (tertiary/aromatic N) is 3. The summed E-state index contributed by atoms with van der Waals surface area (Å²) in [4.78, 5) is 20.5. The molecule has 2 saturated heterocycles. The zero-order chi connectivity index (χ0) is 23.9. The Bertz CT molecular complexity index is 1020. The maximum atomic E-state index is 11.9. The molecule has 2 heterocycles. The summed E-state index contributed by atoms with van der Waals surface area (Å²) in [6.45, 7) is 12.5. The number of para-hydroxylation sites is 1. The van der Waals surface area contributed by atoms with Gasteiger partial charge in [-0.3, -0.25) is 9.79 Å². The van der Waals surface area contributed by atoms with Gasteiger partial charge in [-0.1, -0.05) is 37.3 Å². The van der Waals surface area contributed by atoms with E-state index in [9.17, 15) is 4.79 Å². The standard InChI is InChI=1S/C28H35N3O3/c1-4-27(32)30-15-13-24(14-16-30)34-23-11-9-22(10-12-23)21(2)28(31-17-19-33-20-18-31)25-7-5-6-8-26(25)29-3/h5-12,24H,3-4,13-20H2,1-2H3/b28-21-. The van der Waals surface area contributed by atoms with Crippen LogP contribution in [0.5, 0.6) is 5.75 Å². The molecule has 2 aromatic rings. The van der Waals surface area contributed by atoms with Crippen molar-refractivity contribution in [3.8, 4) is 5.75 Å². The minimum absolute atomic E-state index is 0.151. The monoisotopic (exact) mass is 461 g/mol. The molecular formula is C28H35N3O3. The average molecular weight is 462 g/mol. The van der Waals surface area contributed by atoms with Gasteiger partial charge >= 0.3 is 0 Å². The van der Waals surface area contributed by atoms with E-state index in [1.54, 1.807) is 0 Å². The lowest BCUT2D eigenvalue weighted by Gasteiger charge is -2.33. The summed E-state index contributed by atoms with van der Waals surface area (Å²) in [6.07, 6.45) is 2.47. The van der Waals surface area contributed by atoms with Gasteiger partial charge in [-0.15, -0.1) is 0 Å². The summed E-state index contributed by atoms with van der Waals surface area (Å²) < 4.78 is 11.8. The molecule has 0 bridgehead atoms. The van der Waals surface area contributed by atoms with Gasteiger partial charge in [0.05, 0.1) is 18.9 Å². The Hall–Kier alpha value is -3.12. The second-order valence-electron chi connectivity index (χ2n) is 8.82. The normalized spacial score (nSPS) is 17.8. The van der Waals surface area contributed by atoms with Crippen LogP contribution in [0.2, 0.25) is 0 Å². The molecule has 4 rings (SSSR count). The van der Waals surface area contributed by atoms with Crippen LogP contribution in [-0.2, 0) is 9.53 Å². The molecule has 6 heteroatoms. The quantitative estimate of drug-likeness (QED) is 0.429. The summed E-state index contributed by atoms with van der Waals surface area (Å²) >= 11 is 0. The molecule has 0 aliphatic carbocycles. The number of allylic oxidation sites excluding steroid dienone is 1. The van der Waals surface area contributed by atoms with E-state index in [0.29, 0.717) is 6.42 Å². The van der Waals surface area contributed by atoms with Crippen LogP contribution in [0, 0.1) is 0 Å². The number of carbonyl (C=O) groups excluding carboxylic acids is 1. The first-order chi connectivity index (χ1) is 16.6. The van der Waals surface area contributed by atoms with Crippen molar-refractivity contribution in [3.05, 3.63) is 59.7 Å². The topological polar surface area (TPSA) is 54.4 Å². The van der Waals surface area contributed by atoms with Gasteiger partial charge in [0.2, 0.25) is 5.91 Å². The number of ether oxygens (including phenoxy) is 2. The van der Waals surface area contributed by atoms with Crippen LogP contribution in [-0.4, -0.2) is 67.9 Å². The maximum Gasteiger partial charge on any atom is 0.222 e. The van der Waals surface area contributed by atoms with Crippen LogP contribution in [0.15, 0.2) is 53.5 Å². The first-order valence-corrected chi connectivity index (χ1v) is 12.2. The highest BCUT2D eigenvalue weighted by Gasteiger charge is 2.23. The highest BCUT2D eigenvalue weighted by molar-refractivity contribution is 5.92. The number of likely N-dealkylation sites (tertiary alicyclic amines) is 1. The third-order valence-electron chi connectivity index (χ3n) is 6.70. The van der Waals surface area contributed by atoms with Gasteiger partial charge in [0, 0.05) is 56.7 Å². The van der Waals surface area contributed by atoms with E-state index in [1.807, 2.05) is 30.0 Å². The molecule has 2 aliphatic heterocycles. The number of hydrogen-bond donors (Lipinski definition) is 0. The van der Waals surface area contributed by atoms with Crippen LogP contribution < -0.4 is 4.74 Å². The molecular weight excluding hydrogens is 426 g/mol. The van der Waals surface area contributed by atoms with Crippen LogP contribution in [0.3, 0.4) is 0 Å². The molecule has 0 atom stereocenters. The highest BCUT2D eigenvalue weighted by Crippen LogP contribution is 2.35. The summed E-state index contributed by atoms with van der Waals surface area (Å²) in [5.74, 6) is 1.10. The fourth-order valence-corrected chi connectivity index (χ4v) is 4.77. The smallest absolute Gasteiger partial charge is 0.222 e. The van der Waals surface area contributed by atoms with Crippen LogP contribution in [0.1, 0.15) is 44.2 Å². The third kappa shape index (κ3) is 5.50. The second-order valence-corrected chi connectivity index (χ2v) is 8.82. The van der Waals surface area contributed by atoms with E-state index in [2.05, 4.69) is 53.9 Å². The number of aliphatic imine (C=N–C) groups is 1. The first-order valence-electron chi connectivity index (χ1n) is 12.2. The number of rotatable bonds is 7. The first kappa shape index (κ1) is 24.0. The van der Waals surface area contributed by atoms with Crippen molar-refractivity contribution in [2.45, 2.75) is 39.2 Å². The van der Waals surface area contributed by atoms with Gasteiger partial charge in [-0.2, -0.15) is 0 Å². The Labute approximate surface area is 202 Å². The summed E-state index contributed by atoms with van der Waals surface area (Å²) in [7, 11) is 0.